The van der Waals surface area contributed by atoms with Crippen LogP contribution in [0.2, 0.25) is 5.15 Å². The van der Waals surface area contributed by atoms with Crippen LogP contribution in [-0.4, -0.2) is 36.1 Å². The zero-order chi connectivity index (χ0) is 19.5. The third kappa shape index (κ3) is 4.66. The fourth-order valence-corrected chi connectivity index (χ4v) is 2.18. The van der Waals surface area contributed by atoms with Crippen LogP contribution >= 0.6 is 11.6 Å². The first-order chi connectivity index (χ1) is 12.1. The molecule has 0 aliphatic carbocycles. The van der Waals surface area contributed by atoms with Gasteiger partial charge in [0.25, 0.3) is 0 Å². The van der Waals surface area contributed by atoms with Crippen molar-refractivity contribution in [3.63, 3.8) is 0 Å². The Labute approximate surface area is 152 Å². The topological polar surface area (TPSA) is 74.6 Å². The zero-order valence-electron chi connectivity index (χ0n) is 14.1. The Balaban J connectivity index is 2.03. The van der Waals surface area contributed by atoms with E-state index in [1.165, 1.54) is 7.05 Å². The summed E-state index contributed by atoms with van der Waals surface area (Å²) in [6.07, 6.45) is -3.89. The molecule has 0 saturated heterocycles. The molecule has 0 radical (unpaired) electrons. The van der Waals surface area contributed by atoms with Gasteiger partial charge in [-0.3, -0.25) is 4.68 Å². The summed E-state index contributed by atoms with van der Waals surface area (Å²) in [4.78, 5) is 13.7. The molecule has 0 aliphatic heterocycles. The maximum absolute atomic E-state index is 12.9. The molecule has 1 aromatic carbocycles. The van der Waals surface area contributed by atoms with Crippen molar-refractivity contribution in [3.05, 3.63) is 40.7 Å². The monoisotopic (exact) mass is 388 g/mol. The number of hydrogen-bond donors (Lipinski definition) is 2. The zero-order valence-corrected chi connectivity index (χ0v) is 14.9. The van der Waals surface area contributed by atoms with Crippen LogP contribution in [0.5, 0.6) is 0 Å². The molecule has 2 rings (SSSR count). The third-order valence-electron chi connectivity index (χ3n) is 3.28. The summed E-state index contributed by atoms with van der Waals surface area (Å²) in [5.41, 5.74) is 1.90. The summed E-state index contributed by atoms with van der Waals surface area (Å²) in [6, 6.07) is 6.23. The van der Waals surface area contributed by atoms with Gasteiger partial charge in [-0.05, 0) is 24.3 Å². The van der Waals surface area contributed by atoms with Gasteiger partial charge >= 0.3 is 12.2 Å². The number of anilines is 2. The highest BCUT2D eigenvalue weighted by molar-refractivity contribution is 6.32. The first kappa shape index (κ1) is 19.6. The first-order valence-corrected chi connectivity index (χ1v) is 7.64. The third-order valence-corrected chi connectivity index (χ3v) is 3.73. The maximum Gasteiger partial charge on any atom is 0.435 e. The van der Waals surface area contributed by atoms with E-state index < -0.39 is 23.5 Å². The molecule has 2 amide bonds. The second-order valence-corrected chi connectivity index (χ2v) is 5.80. The van der Waals surface area contributed by atoms with E-state index in [2.05, 4.69) is 20.9 Å². The normalized spacial score (nSPS) is 11.7. The van der Waals surface area contributed by atoms with Crippen LogP contribution in [0.4, 0.5) is 29.3 Å². The quantitative estimate of drug-likeness (QED) is 0.623. The van der Waals surface area contributed by atoms with E-state index in [0.717, 1.165) is 16.6 Å². The number of nitrogens with zero attached hydrogens (tertiary/aromatic N) is 4. The molecule has 0 bridgehead atoms. The lowest BCUT2D eigenvalue weighted by atomic mass is 10.2. The second kappa shape index (κ2) is 7.65. The van der Waals surface area contributed by atoms with E-state index in [4.69, 9.17) is 11.6 Å². The van der Waals surface area contributed by atoms with Gasteiger partial charge in [0.05, 0.1) is 11.8 Å². The molecule has 11 heteroatoms. The number of amides is 2. The summed E-state index contributed by atoms with van der Waals surface area (Å²) >= 11 is 5.78. The van der Waals surface area contributed by atoms with Gasteiger partial charge in [-0.25, -0.2) is 10.2 Å². The molecule has 0 fully saturated rings. The Morgan fingerprint density at radius 3 is 2.46 bits per heavy atom. The number of urea groups is 1. The maximum atomic E-state index is 12.9. The van der Waals surface area contributed by atoms with Crippen LogP contribution in [0, 0.1) is 0 Å². The van der Waals surface area contributed by atoms with Gasteiger partial charge in [0.15, 0.2) is 5.69 Å². The summed E-state index contributed by atoms with van der Waals surface area (Å²) in [6.45, 7) is 0. The van der Waals surface area contributed by atoms with Gasteiger partial charge in [-0.2, -0.15) is 23.4 Å². The highest BCUT2D eigenvalue weighted by Crippen LogP contribution is 2.33. The van der Waals surface area contributed by atoms with Crippen molar-refractivity contribution in [1.82, 2.24) is 15.2 Å². The fourth-order valence-electron chi connectivity index (χ4n) is 2.00. The van der Waals surface area contributed by atoms with Gasteiger partial charge < -0.3 is 10.2 Å². The molecule has 1 heterocycles. The average molecular weight is 389 g/mol. The number of halogens is 4. The Morgan fingerprint density at radius 1 is 1.31 bits per heavy atom. The number of carbonyl (C=O) groups excluding carboxylic acids is 1. The Hall–Kier alpha value is -2.75. The molecular weight excluding hydrogens is 373 g/mol. The molecule has 0 saturated carbocycles. The Kier molecular flexibility index (Phi) is 5.76. The van der Waals surface area contributed by atoms with E-state index in [9.17, 15) is 18.0 Å². The largest absolute Gasteiger partial charge is 0.435 e. The van der Waals surface area contributed by atoms with Crippen LogP contribution in [0.15, 0.2) is 29.4 Å². The fraction of sp³-hybridized carbons (Fsp3) is 0.267. The molecule has 26 heavy (non-hydrogen) atoms. The minimum absolute atomic E-state index is 0.248. The smallest absolute Gasteiger partial charge is 0.378 e. The van der Waals surface area contributed by atoms with Crippen molar-refractivity contribution in [2.45, 2.75) is 6.18 Å². The number of aryl methyl sites for hydroxylation is 1. The number of benzene rings is 1. The number of aromatic nitrogens is 2. The highest BCUT2D eigenvalue weighted by Gasteiger charge is 2.38. The number of nitrogens with one attached hydrogen (secondary N) is 2. The summed E-state index contributed by atoms with van der Waals surface area (Å²) < 4.78 is 39.6. The summed E-state index contributed by atoms with van der Waals surface area (Å²) in [5, 5.41) is 9.06. The predicted molar refractivity (Wildman–Crippen MR) is 93.7 cm³/mol. The minimum Gasteiger partial charge on any atom is -0.378 e. The van der Waals surface area contributed by atoms with Crippen LogP contribution < -0.4 is 15.6 Å². The molecule has 0 unspecified atom stereocenters. The number of rotatable bonds is 4. The lowest BCUT2D eigenvalue weighted by Crippen LogP contribution is -2.24. The Morgan fingerprint density at radius 2 is 1.92 bits per heavy atom. The van der Waals surface area contributed by atoms with E-state index in [1.807, 2.05) is 19.0 Å². The van der Waals surface area contributed by atoms with Crippen LogP contribution in [-0.2, 0) is 13.2 Å². The van der Waals surface area contributed by atoms with Gasteiger partial charge in [-0.15, -0.1) is 0 Å². The van der Waals surface area contributed by atoms with Crippen molar-refractivity contribution in [1.29, 1.82) is 0 Å². The van der Waals surface area contributed by atoms with Crippen molar-refractivity contribution in [3.8, 4) is 0 Å². The lowest BCUT2D eigenvalue weighted by Gasteiger charge is -2.12. The summed E-state index contributed by atoms with van der Waals surface area (Å²) in [5.74, 6) is 0. The van der Waals surface area contributed by atoms with Crippen molar-refractivity contribution in [2.24, 2.45) is 12.1 Å². The molecule has 1 aromatic heterocycles. The SMILES string of the molecule is CN(C)c1ccc(NC(=O)N/N=C/c2c(C(F)(F)F)nn(C)c2Cl)cc1. The number of carbonyl (C=O) groups is 1. The van der Waals surface area contributed by atoms with Gasteiger partial charge in [0.2, 0.25) is 0 Å². The van der Waals surface area contributed by atoms with Gasteiger partial charge in [0.1, 0.15) is 5.15 Å². The predicted octanol–water partition coefficient (Wildman–Crippen LogP) is 3.31. The molecule has 140 valence electrons. The highest BCUT2D eigenvalue weighted by atomic mass is 35.5. The molecule has 0 spiro atoms. The van der Waals surface area contributed by atoms with Crippen molar-refractivity contribution < 1.29 is 18.0 Å². The van der Waals surface area contributed by atoms with E-state index in [-0.39, 0.29) is 5.15 Å². The molecule has 2 N–H and O–H groups in total. The van der Waals surface area contributed by atoms with E-state index in [0.29, 0.717) is 5.69 Å². The molecular formula is C15H16ClF3N6O. The van der Waals surface area contributed by atoms with Crippen molar-refractivity contribution in [2.75, 3.05) is 24.3 Å². The van der Waals surface area contributed by atoms with E-state index in [1.54, 1.807) is 24.3 Å². The lowest BCUT2D eigenvalue weighted by molar-refractivity contribution is -0.141. The summed E-state index contributed by atoms with van der Waals surface area (Å²) in [7, 11) is 5.03. The van der Waals surface area contributed by atoms with Gasteiger partial charge in [-0.1, -0.05) is 11.6 Å². The molecule has 2 aromatic rings. The molecule has 0 atom stereocenters. The van der Waals surface area contributed by atoms with E-state index >= 15 is 0 Å². The van der Waals surface area contributed by atoms with Crippen LogP contribution in [0.1, 0.15) is 11.3 Å². The van der Waals surface area contributed by atoms with Crippen LogP contribution in [0.25, 0.3) is 0 Å². The first-order valence-electron chi connectivity index (χ1n) is 7.26. The van der Waals surface area contributed by atoms with Crippen LogP contribution in [0.3, 0.4) is 0 Å². The molecule has 7 nitrogen and oxygen atoms in total. The Bertz CT molecular complexity index is 814. The number of hydrogen-bond acceptors (Lipinski definition) is 4. The minimum atomic E-state index is -4.69. The standard InChI is InChI=1S/C15H16ClF3N6O/c1-24(2)10-6-4-9(5-7-10)21-14(26)22-20-8-11-12(15(17,18)19)23-25(3)13(11)16/h4-8H,1-3H3,(H2,21,22,26)/b20-8+. The van der Waals surface area contributed by atoms with Crippen molar-refractivity contribution >= 4 is 35.2 Å². The second-order valence-electron chi connectivity index (χ2n) is 5.44. The number of hydrazone groups is 1. The average Bonchev–Trinajstić information content (AvgIpc) is 2.84. The van der Waals surface area contributed by atoms with Gasteiger partial charge in [0, 0.05) is 32.5 Å². The number of alkyl halides is 3. The molecule has 0 aliphatic rings.